The number of urea groups is 1. The zero-order valence-electron chi connectivity index (χ0n) is 11.7. The summed E-state index contributed by atoms with van der Waals surface area (Å²) >= 11 is 0. The molecule has 1 rings (SSSR count). The average Bonchev–Trinajstić information content (AvgIpc) is 2.40. The number of rotatable bonds is 7. The van der Waals surface area contributed by atoms with Crippen LogP contribution in [0.4, 0.5) is 10.5 Å². The number of anilines is 1. The molecule has 0 aliphatic heterocycles. The fourth-order valence-corrected chi connectivity index (χ4v) is 1.79. The third kappa shape index (κ3) is 4.89. The Morgan fingerprint density at radius 1 is 1.35 bits per heavy atom. The number of amides is 2. The van der Waals surface area contributed by atoms with Crippen molar-refractivity contribution in [1.29, 1.82) is 0 Å². The minimum Gasteiger partial charge on any atom is -0.480 e. The molecule has 0 radical (unpaired) electrons. The van der Waals surface area contributed by atoms with Crippen LogP contribution in [0.15, 0.2) is 24.3 Å². The van der Waals surface area contributed by atoms with Crippen molar-refractivity contribution in [2.24, 2.45) is 0 Å². The lowest BCUT2D eigenvalue weighted by molar-refractivity contribution is -0.140. The minimum absolute atomic E-state index is 0.0840. The molecule has 0 aromatic heterocycles. The molecular formula is C14H20N2O4. The van der Waals surface area contributed by atoms with Gasteiger partial charge in [-0.15, -0.1) is 0 Å². The molecule has 6 nitrogen and oxygen atoms in total. The van der Waals surface area contributed by atoms with Crippen molar-refractivity contribution in [3.63, 3.8) is 0 Å². The molecule has 0 fully saturated rings. The normalized spacial score (nSPS) is 11.7. The van der Waals surface area contributed by atoms with Gasteiger partial charge in [-0.3, -0.25) is 0 Å². The lowest BCUT2D eigenvalue weighted by Crippen LogP contribution is -2.45. The lowest BCUT2D eigenvalue weighted by Gasteiger charge is -2.15. The molecule has 1 atom stereocenters. The molecule has 0 saturated carbocycles. The van der Waals surface area contributed by atoms with Gasteiger partial charge in [0.15, 0.2) is 6.04 Å². The van der Waals surface area contributed by atoms with Crippen molar-refractivity contribution in [1.82, 2.24) is 5.32 Å². The fraction of sp³-hybridized carbons (Fsp3) is 0.429. The third-order valence-electron chi connectivity index (χ3n) is 2.72. The Balaban J connectivity index is 2.68. The van der Waals surface area contributed by atoms with Gasteiger partial charge in [0, 0.05) is 12.8 Å². The number of para-hydroxylation sites is 1. The number of aryl methyl sites for hydroxylation is 1. The van der Waals surface area contributed by atoms with E-state index in [0.29, 0.717) is 5.69 Å². The molecule has 1 aromatic rings. The topological polar surface area (TPSA) is 87.7 Å². The lowest BCUT2D eigenvalue weighted by atomic mass is 10.1. The Labute approximate surface area is 118 Å². The third-order valence-corrected chi connectivity index (χ3v) is 2.72. The number of aliphatic carboxylic acids is 1. The summed E-state index contributed by atoms with van der Waals surface area (Å²) in [5.74, 6) is -1.14. The molecule has 0 bridgehead atoms. The Morgan fingerprint density at radius 2 is 2.05 bits per heavy atom. The van der Waals surface area contributed by atoms with E-state index in [9.17, 15) is 9.59 Å². The number of benzene rings is 1. The predicted molar refractivity (Wildman–Crippen MR) is 75.9 cm³/mol. The largest absolute Gasteiger partial charge is 0.480 e. The molecule has 0 aliphatic carbocycles. The van der Waals surface area contributed by atoms with Gasteiger partial charge in [0.05, 0.1) is 6.61 Å². The van der Waals surface area contributed by atoms with E-state index < -0.39 is 18.0 Å². The number of carboxylic acid groups (broad SMARTS) is 1. The number of hydrogen-bond acceptors (Lipinski definition) is 3. The molecule has 3 N–H and O–H groups in total. The zero-order valence-corrected chi connectivity index (χ0v) is 11.7. The smallest absolute Gasteiger partial charge is 0.328 e. The van der Waals surface area contributed by atoms with E-state index in [1.165, 1.54) is 7.11 Å². The molecule has 0 saturated heterocycles. The van der Waals surface area contributed by atoms with Crippen LogP contribution < -0.4 is 10.6 Å². The van der Waals surface area contributed by atoms with Gasteiger partial charge in [0.2, 0.25) is 0 Å². The van der Waals surface area contributed by atoms with Gasteiger partial charge >= 0.3 is 12.0 Å². The van der Waals surface area contributed by atoms with Crippen LogP contribution in [0.3, 0.4) is 0 Å². The molecule has 110 valence electrons. The average molecular weight is 280 g/mol. The Hall–Kier alpha value is -2.08. The van der Waals surface area contributed by atoms with E-state index in [4.69, 9.17) is 9.84 Å². The first-order valence-electron chi connectivity index (χ1n) is 6.45. The molecule has 2 amide bonds. The van der Waals surface area contributed by atoms with E-state index >= 15 is 0 Å². The summed E-state index contributed by atoms with van der Waals surface area (Å²) in [5, 5.41) is 14.0. The van der Waals surface area contributed by atoms with Gasteiger partial charge in [-0.1, -0.05) is 31.5 Å². The van der Waals surface area contributed by atoms with Crippen LogP contribution in [0, 0.1) is 0 Å². The maximum Gasteiger partial charge on any atom is 0.328 e. The molecule has 6 heteroatoms. The molecular weight excluding hydrogens is 260 g/mol. The van der Waals surface area contributed by atoms with Crippen molar-refractivity contribution < 1.29 is 19.4 Å². The van der Waals surface area contributed by atoms with Gasteiger partial charge in [-0.25, -0.2) is 9.59 Å². The van der Waals surface area contributed by atoms with E-state index in [-0.39, 0.29) is 6.61 Å². The summed E-state index contributed by atoms with van der Waals surface area (Å²) in [7, 11) is 1.38. The summed E-state index contributed by atoms with van der Waals surface area (Å²) in [6.45, 7) is 1.97. The summed E-state index contributed by atoms with van der Waals surface area (Å²) in [5.41, 5.74) is 1.71. The second-order valence-corrected chi connectivity index (χ2v) is 4.35. The zero-order chi connectivity index (χ0) is 15.0. The highest BCUT2D eigenvalue weighted by Crippen LogP contribution is 2.16. The predicted octanol–water partition coefficient (Wildman–Crippen LogP) is 1.86. The number of carboxylic acids is 1. The van der Waals surface area contributed by atoms with Gasteiger partial charge < -0.3 is 20.5 Å². The van der Waals surface area contributed by atoms with Crippen LogP contribution in [0.1, 0.15) is 18.9 Å². The Bertz CT molecular complexity index is 462. The Morgan fingerprint density at radius 3 is 2.65 bits per heavy atom. The summed E-state index contributed by atoms with van der Waals surface area (Å²) < 4.78 is 4.76. The van der Waals surface area contributed by atoms with E-state index in [1.54, 1.807) is 6.07 Å². The number of nitrogens with one attached hydrogen (secondary N) is 2. The second-order valence-electron chi connectivity index (χ2n) is 4.35. The maximum atomic E-state index is 11.8. The quantitative estimate of drug-likeness (QED) is 0.711. The summed E-state index contributed by atoms with van der Waals surface area (Å²) in [6.07, 6.45) is 1.80. The van der Waals surface area contributed by atoms with Crippen molar-refractivity contribution in [2.75, 3.05) is 19.0 Å². The van der Waals surface area contributed by atoms with Gasteiger partial charge in [-0.2, -0.15) is 0 Å². The van der Waals surface area contributed by atoms with Crippen LogP contribution in [0.2, 0.25) is 0 Å². The van der Waals surface area contributed by atoms with Crippen LogP contribution in [0.5, 0.6) is 0 Å². The van der Waals surface area contributed by atoms with Crippen LogP contribution in [0.25, 0.3) is 0 Å². The minimum atomic E-state index is -1.14. The fourth-order valence-electron chi connectivity index (χ4n) is 1.79. The first-order chi connectivity index (χ1) is 9.58. The van der Waals surface area contributed by atoms with E-state index in [2.05, 4.69) is 17.6 Å². The van der Waals surface area contributed by atoms with Crippen molar-refractivity contribution in [3.05, 3.63) is 29.8 Å². The van der Waals surface area contributed by atoms with Gasteiger partial charge in [-0.05, 0) is 18.1 Å². The second kappa shape index (κ2) is 8.16. The molecule has 1 aromatic carbocycles. The van der Waals surface area contributed by atoms with Crippen molar-refractivity contribution in [3.8, 4) is 0 Å². The highest BCUT2D eigenvalue weighted by atomic mass is 16.5. The number of hydrogen-bond donors (Lipinski definition) is 3. The van der Waals surface area contributed by atoms with Gasteiger partial charge in [0.25, 0.3) is 0 Å². The van der Waals surface area contributed by atoms with Crippen LogP contribution in [-0.4, -0.2) is 36.9 Å². The standard InChI is InChI=1S/C14H20N2O4/c1-3-6-10-7-4-5-8-11(10)15-14(19)16-12(9-20-2)13(17)18/h4-5,7-8,12H,3,6,9H2,1-2H3,(H,17,18)(H2,15,16,19). The summed E-state index contributed by atoms with van der Waals surface area (Å²) in [4.78, 5) is 22.7. The molecule has 1 unspecified atom stereocenters. The monoisotopic (exact) mass is 280 g/mol. The summed E-state index contributed by atoms with van der Waals surface area (Å²) in [6, 6.07) is 5.81. The first-order valence-corrected chi connectivity index (χ1v) is 6.45. The SMILES string of the molecule is CCCc1ccccc1NC(=O)NC(COC)C(=O)O. The maximum absolute atomic E-state index is 11.8. The molecule has 0 spiro atoms. The van der Waals surface area contributed by atoms with E-state index in [1.807, 2.05) is 18.2 Å². The van der Waals surface area contributed by atoms with Crippen molar-refractivity contribution in [2.45, 2.75) is 25.8 Å². The molecule has 0 aliphatic rings. The van der Waals surface area contributed by atoms with Gasteiger partial charge in [0.1, 0.15) is 0 Å². The van der Waals surface area contributed by atoms with Crippen LogP contribution in [-0.2, 0) is 16.0 Å². The number of methoxy groups -OCH3 is 1. The van der Waals surface area contributed by atoms with E-state index in [0.717, 1.165) is 18.4 Å². The number of carbonyl (C=O) groups is 2. The number of carbonyl (C=O) groups excluding carboxylic acids is 1. The van der Waals surface area contributed by atoms with Crippen molar-refractivity contribution >= 4 is 17.7 Å². The number of ether oxygens (including phenoxy) is 1. The molecule has 0 heterocycles. The highest BCUT2D eigenvalue weighted by Gasteiger charge is 2.19. The first kappa shape index (κ1) is 16.0. The highest BCUT2D eigenvalue weighted by molar-refractivity contribution is 5.92. The Kier molecular flexibility index (Phi) is 6.52. The van der Waals surface area contributed by atoms with Crippen LogP contribution >= 0.6 is 0 Å². The molecule has 20 heavy (non-hydrogen) atoms.